The average molecular weight is 270 g/mol. The SMILES string of the molecule is CN(C)CC(O)c1ccc2nc3c(cc2c1)CCCC3. The van der Waals surface area contributed by atoms with Gasteiger partial charge in [0, 0.05) is 17.6 Å². The monoisotopic (exact) mass is 270 g/mol. The first-order valence-corrected chi connectivity index (χ1v) is 7.39. The predicted octanol–water partition coefficient (Wildman–Crippen LogP) is 2.71. The van der Waals surface area contributed by atoms with Crippen molar-refractivity contribution in [3.63, 3.8) is 0 Å². The van der Waals surface area contributed by atoms with E-state index in [2.05, 4.69) is 12.1 Å². The van der Waals surface area contributed by atoms with E-state index in [1.54, 1.807) is 0 Å². The fourth-order valence-electron chi connectivity index (χ4n) is 2.98. The molecule has 0 aliphatic heterocycles. The van der Waals surface area contributed by atoms with Crippen molar-refractivity contribution in [3.8, 4) is 0 Å². The molecule has 0 radical (unpaired) electrons. The molecule has 1 aromatic heterocycles. The zero-order valence-electron chi connectivity index (χ0n) is 12.3. The summed E-state index contributed by atoms with van der Waals surface area (Å²) >= 11 is 0. The minimum Gasteiger partial charge on any atom is -0.387 e. The molecule has 3 rings (SSSR count). The van der Waals surface area contributed by atoms with Gasteiger partial charge < -0.3 is 10.0 Å². The summed E-state index contributed by atoms with van der Waals surface area (Å²) in [6.07, 6.45) is 4.33. The predicted molar refractivity (Wildman–Crippen MR) is 81.9 cm³/mol. The van der Waals surface area contributed by atoms with Gasteiger partial charge >= 0.3 is 0 Å². The van der Waals surface area contributed by atoms with E-state index in [1.165, 1.54) is 24.1 Å². The molecule has 0 amide bonds. The van der Waals surface area contributed by atoms with Crippen LogP contribution in [0.4, 0.5) is 0 Å². The van der Waals surface area contributed by atoms with E-state index in [4.69, 9.17) is 4.98 Å². The zero-order valence-corrected chi connectivity index (χ0v) is 12.3. The lowest BCUT2D eigenvalue weighted by Crippen LogP contribution is -2.20. The van der Waals surface area contributed by atoms with E-state index in [-0.39, 0.29) is 0 Å². The second-order valence-electron chi connectivity index (χ2n) is 6.03. The molecule has 3 nitrogen and oxygen atoms in total. The molecule has 20 heavy (non-hydrogen) atoms. The average Bonchev–Trinajstić information content (AvgIpc) is 2.43. The number of nitrogens with zero attached hydrogens (tertiary/aromatic N) is 2. The maximum atomic E-state index is 10.2. The lowest BCUT2D eigenvalue weighted by molar-refractivity contribution is 0.138. The van der Waals surface area contributed by atoms with Crippen molar-refractivity contribution in [3.05, 3.63) is 41.1 Å². The normalized spacial score (nSPS) is 16.4. The Hall–Kier alpha value is -1.45. The smallest absolute Gasteiger partial charge is 0.0916 e. The third kappa shape index (κ3) is 2.69. The summed E-state index contributed by atoms with van der Waals surface area (Å²) in [5.74, 6) is 0. The standard InChI is InChI=1S/C17H22N2O/c1-19(2)11-17(20)13-7-8-16-14(10-13)9-12-5-3-4-6-15(12)18-16/h7-10,17,20H,3-6,11H2,1-2H3. The van der Waals surface area contributed by atoms with Gasteiger partial charge in [0.05, 0.1) is 11.6 Å². The Bertz CT molecular complexity index is 622. The fourth-order valence-corrected chi connectivity index (χ4v) is 2.98. The van der Waals surface area contributed by atoms with Crippen LogP contribution in [0.2, 0.25) is 0 Å². The van der Waals surface area contributed by atoms with Gasteiger partial charge in [-0.1, -0.05) is 6.07 Å². The largest absolute Gasteiger partial charge is 0.387 e. The van der Waals surface area contributed by atoms with Gasteiger partial charge in [-0.25, -0.2) is 0 Å². The van der Waals surface area contributed by atoms with Crippen LogP contribution in [0.25, 0.3) is 10.9 Å². The number of aryl methyl sites for hydroxylation is 2. The molecule has 0 fully saturated rings. The van der Waals surface area contributed by atoms with E-state index in [0.29, 0.717) is 6.54 Å². The molecule has 1 N–H and O–H groups in total. The van der Waals surface area contributed by atoms with Gasteiger partial charge in [-0.3, -0.25) is 4.98 Å². The Morgan fingerprint density at radius 2 is 2.00 bits per heavy atom. The number of rotatable bonds is 3. The highest BCUT2D eigenvalue weighted by atomic mass is 16.3. The number of hydrogen-bond acceptors (Lipinski definition) is 3. The first-order chi connectivity index (χ1) is 9.63. The molecule has 0 saturated heterocycles. The van der Waals surface area contributed by atoms with E-state index in [9.17, 15) is 5.11 Å². The molecule has 1 aromatic carbocycles. The summed E-state index contributed by atoms with van der Waals surface area (Å²) in [6.45, 7) is 0.643. The van der Waals surface area contributed by atoms with Crippen molar-refractivity contribution in [1.29, 1.82) is 0 Å². The van der Waals surface area contributed by atoms with Crippen LogP contribution in [0.1, 0.15) is 35.8 Å². The third-order valence-corrected chi connectivity index (χ3v) is 4.04. The van der Waals surface area contributed by atoms with Gasteiger partial charge in [-0.15, -0.1) is 0 Å². The first kappa shape index (κ1) is 13.5. The first-order valence-electron chi connectivity index (χ1n) is 7.39. The van der Waals surface area contributed by atoms with E-state index >= 15 is 0 Å². The minimum atomic E-state index is -0.439. The number of aliphatic hydroxyl groups excluding tert-OH is 1. The molecular formula is C17H22N2O. The molecule has 106 valence electrons. The number of fused-ring (bicyclic) bond motifs is 2. The topological polar surface area (TPSA) is 36.4 Å². The Balaban J connectivity index is 1.98. The Morgan fingerprint density at radius 1 is 1.20 bits per heavy atom. The van der Waals surface area contributed by atoms with Crippen LogP contribution >= 0.6 is 0 Å². The number of aromatic nitrogens is 1. The number of hydrogen-bond donors (Lipinski definition) is 1. The van der Waals surface area contributed by atoms with Crippen molar-refractivity contribution in [2.45, 2.75) is 31.8 Å². The quantitative estimate of drug-likeness (QED) is 0.931. The Kier molecular flexibility index (Phi) is 3.72. The van der Waals surface area contributed by atoms with Crippen LogP contribution in [0.3, 0.4) is 0 Å². The summed E-state index contributed by atoms with van der Waals surface area (Å²) < 4.78 is 0. The highest BCUT2D eigenvalue weighted by molar-refractivity contribution is 5.80. The molecule has 1 heterocycles. The van der Waals surface area contributed by atoms with Crippen molar-refractivity contribution >= 4 is 10.9 Å². The second-order valence-corrected chi connectivity index (χ2v) is 6.03. The van der Waals surface area contributed by atoms with Crippen molar-refractivity contribution in [1.82, 2.24) is 9.88 Å². The molecule has 1 unspecified atom stereocenters. The molecule has 1 aliphatic rings. The van der Waals surface area contributed by atoms with Gasteiger partial charge in [-0.2, -0.15) is 0 Å². The molecule has 3 heteroatoms. The maximum Gasteiger partial charge on any atom is 0.0916 e. The van der Waals surface area contributed by atoms with Gasteiger partial charge in [-0.05, 0) is 69.1 Å². The van der Waals surface area contributed by atoms with Crippen LogP contribution in [0.5, 0.6) is 0 Å². The lowest BCUT2D eigenvalue weighted by Gasteiger charge is -2.18. The second kappa shape index (κ2) is 5.51. The van der Waals surface area contributed by atoms with E-state index in [1.807, 2.05) is 31.1 Å². The van der Waals surface area contributed by atoms with Gasteiger partial charge in [0.2, 0.25) is 0 Å². The van der Waals surface area contributed by atoms with Gasteiger partial charge in [0.1, 0.15) is 0 Å². The number of likely N-dealkylation sites (N-methyl/N-ethyl adjacent to an activating group) is 1. The summed E-state index contributed by atoms with van der Waals surface area (Å²) in [7, 11) is 3.95. The summed E-state index contributed by atoms with van der Waals surface area (Å²) in [5, 5.41) is 11.4. The Labute approximate surface area is 120 Å². The molecule has 1 aliphatic carbocycles. The van der Waals surface area contributed by atoms with Gasteiger partial charge in [0.15, 0.2) is 0 Å². The fraction of sp³-hybridized carbons (Fsp3) is 0.471. The lowest BCUT2D eigenvalue weighted by atomic mass is 9.94. The van der Waals surface area contributed by atoms with Crippen LogP contribution in [-0.2, 0) is 12.8 Å². The van der Waals surface area contributed by atoms with Crippen molar-refractivity contribution in [2.24, 2.45) is 0 Å². The highest BCUT2D eigenvalue weighted by Crippen LogP contribution is 2.26. The third-order valence-electron chi connectivity index (χ3n) is 4.04. The summed E-state index contributed by atoms with van der Waals surface area (Å²) in [4.78, 5) is 6.79. The van der Waals surface area contributed by atoms with Crippen LogP contribution in [0.15, 0.2) is 24.3 Å². The van der Waals surface area contributed by atoms with Crippen molar-refractivity contribution < 1.29 is 5.11 Å². The highest BCUT2D eigenvalue weighted by Gasteiger charge is 2.14. The van der Waals surface area contributed by atoms with E-state index < -0.39 is 6.10 Å². The molecule has 2 aromatic rings. The zero-order chi connectivity index (χ0) is 14.1. The van der Waals surface area contributed by atoms with Crippen LogP contribution < -0.4 is 0 Å². The molecular weight excluding hydrogens is 248 g/mol. The Morgan fingerprint density at radius 3 is 2.80 bits per heavy atom. The summed E-state index contributed by atoms with van der Waals surface area (Å²) in [5.41, 5.74) is 4.68. The molecule has 0 saturated carbocycles. The molecule has 1 atom stereocenters. The number of benzene rings is 1. The summed E-state index contributed by atoms with van der Waals surface area (Å²) in [6, 6.07) is 8.39. The molecule has 0 bridgehead atoms. The number of pyridine rings is 1. The minimum absolute atomic E-state index is 0.439. The van der Waals surface area contributed by atoms with Crippen molar-refractivity contribution in [2.75, 3.05) is 20.6 Å². The molecule has 0 spiro atoms. The van der Waals surface area contributed by atoms with E-state index in [0.717, 1.165) is 29.3 Å². The maximum absolute atomic E-state index is 10.2. The van der Waals surface area contributed by atoms with Crippen LogP contribution in [-0.4, -0.2) is 35.6 Å². The van der Waals surface area contributed by atoms with Gasteiger partial charge in [0.25, 0.3) is 0 Å². The number of aliphatic hydroxyl groups is 1. The van der Waals surface area contributed by atoms with Crippen LogP contribution in [0, 0.1) is 0 Å².